The maximum Gasteiger partial charge on any atom is 0.247 e. The molecule has 4 aromatic rings. The van der Waals surface area contributed by atoms with Crippen molar-refractivity contribution in [3.05, 3.63) is 96.1 Å². The van der Waals surface area contributed by atoms with Gasteiger partial charge in [-0.1, -0.05) is 42.5 Å². The molecule has 0 saturated carbocycles. The molecule has 2 aromatic heterocycles. The van der Waals surface area contributed by atoms with E-state index in [2.05, 4.69) is 31.8 Å². The summed E-state index contributed by atoms with van der Waals surface area (Å²) in [7, 11) is 1.84. The number of carbonyl (C=O) groups is 1. The lowest BCUT2D eigenvalue weighted by atomic mass is 10.1. The molecule has 0 spiro atoms. The average molecular weight is 438 g/mol. The molecule has 164 valence electrons. The summed E-state index contributed by atoms with van der Waals surface area (Å²) in [6.07, 6.45) is 7.44. The molecule has 0 aliphatic rings. The quantitative estimate of drug-likeness (QED) is 0.438. The SMILES string of the molecule is Cn1cc(-c2cnc(NC(=O)C(NCCc3ccc(C#N)cc3)c3ccccc3)cn2)cn1. The number of aryl methyl sites for hydroxylation is 1. The Morgan fingerprint density at radius 2 is 1.85 bits per heavy atom. The van der Waals surface area contributed by atoms with Crippen molar-refractivity contribution in [1.29, 1.82) is 5.26 Å². The van der Waals surface area contributed by atoms with E-state index in [0.29, 0.717) is 23.6 Å². The predicted molar refractivity (Wildman–Crippen MR) is 125 cm³/mol. The number of nitriles is 1. The Labute approximate surface area is 191 Å². The van der Waals surface area contributed by atoms with Crippen molar-refractivity contribution >= 4 is 11.7 Å². The van der Waals surface area contributed by atoms with E-state index in [1.165, 1.54) is 0 Å². The third-order valence-corrected chi connectivity index (χ3v) is 5.14. The van der Waals surface area contributed by atoms with Crippen molar-refractivity contribution in [3.8, 4) is 17.3 Å². The van der Waals surface area contributed by atoms with Crippen LogP contribution in [0.5, 0.6) is 0 Å². The summed E-state index contributed by atoms with van der Waals surface area (Å²) < 4.78 is 1.70. The molecule has 8 nitrogen and oxygen atoms in total. The van der Waals surface area contributed by atoms with Gasteiger partial charge in [0.2, 0.25) is 5.91 Å². The fraction of sp³-hybridized carbons (Fsp3) is 0.160. The van der Waals surface area contributed by atoms with Gasteiger partial charge >= 0.3 is 0 Å². The molecule has 0 aliphatic carbocycles. The normalized spacial score (nSPS) is 11.5. The van der Waals surface area contributed by atoms with Crippen LogP contribution < -0.4 is 10.6 Å². The summed E-state index contributed by atoms with van der Waals surface area (Å²) in [6.45, 7) is 0.588. The lowest BCUT2D eigenvalue weighted by Crippen LogP contribution is -2.34. The van der Waals surface area contributed by atoms with Gasteiger partial charge in [-0.3, -0.25) is 14.5 Å². The molecule has 0 radical (unpaired) electrons. The van der Waals surface area contributed by atoms with Crippen LogP contribution in [0.15, 0.2) is 79.4 Å². The Morgan fingerprint density at radius 1 is 1.06 bits per heavy atom. The smallest absolute Gasteiger partial charge is 0.247 e. The topological polar surface area (TPSA) is 109 Å². The molecular formula is C25H23N7O. The number of anilines is 1. The Morgan fingerprint density at radius 3 is 2.48 bits per heavy atom. The molecule has 0 aliphatic heterocycles. The molecular weight excluding hydrogens is 414 g/mol. The number of carbonyl (C=O) groups excluding carboxylic acids is 1. The number of nitrogens with one attached hydrogen (secondary N) is 2. The Kier molecular flexibility index (Phi) is 6.83. The lowest BCUT2D eigenvalue weighted by Gasteiger charge is -2.19. The average Bonchev–Trinajstić information content (AvgIpc) is 3.29. The van der Waals surface area contributed by atoms with Gasteiger partial charge in [-0.2, -0.15) is 10.4 Å². The van der Waals surface area contributed by atoms with Gasteiger partial charge in [-0.05, 0) is 29.7 Å². The second kappa shape index (κ2) is 10.3. The molecule has 2 aromatic carbocycles. The zero-order chi connectivity index (χ0) is 23.0. The summed E-state index contributed by atoms with van der Waals surface area (Å²) in [4.78, 5) is 21.8. The Bertz CT molecular complexity index is 1240. The van der Waals surface area contributed by atoms with E-state index in [4.69, 9.17) is 5.26 Å². The number of hydrogen-bond acceptors (Lipinski definition) is 6. The van der Waals surface area contributed by atoms with E-state index in [1.807, 2.05) is 55.7 Å². The summed E-state index contributed by atoms with van der Waals surface area (Å²) in [5.41, 5.74) is 4.11. The highest BCUT2D eigenvalue weighted by Crippen LogP contribution is 2.18. The van der Waals surface area contributed by atoms with Gasteiger partial charge in [0.05, 0.1) is 35.9 Å². The monoisotopic (exact) mass is 437 g/mol. The van der Waals surface area contributed by atoms with Gasteiger partial charge in [0, 0.05) is 25.4 Å². The minimum Gasteiger partial charge on any atom is -0.308 e. The van der Waals surface area contributed by atoms with Gasteiger partial charge in [-0.25, -0.2) is 4.98 Å². The third kappa shape index (κ3) is 5.67. The van der Waals surface area contributed by atoms with Crippen LogP contribution in [0, 0.1) is 11.3 Å². The van der Waals surface area contributed by atoms with Crippen molar-refractivity contribution in [1.82, 2.24) is 25.1 Å². The summed E-state index contributed by atoms with van der Waals surface area (Å²) in [5.74, 6) is 0.159. The first-order chi connectivity index (χ1) is 16.1. The van der Waals surface area contributed by atoms with Crippen LogP contribution in [0.4, 0.5) is 5.82 Å². The number of aromatic nitrogens is 4. The molecule has 2 N–H and O–H groups in total. The van der Waals surface area contributed by atoms with E-state index >= 15 is 0 Å². The number of benzene rings is 2. The van der Waals surface area contributed by atoms with Gasteiger partial charge in [0.15, 0.2) is 5.82 Å². The van der Waals surface area contributed by atoms with E-state index in [9.17, 15) is 4.79 Å². The van der Waals surface area contributed by atoms with E-state index in [-0.39, 0.29) is 5.91 Å². The maximum atomic E-state index is 13.1. The summed E-state index contributed by atoms with van der Waals surface area (Å²) in [5, 5.41) is 19.3. The largest absolute Gasteiger partial charge is 0.308 e. The van der Waals surface area contributed by atoms with E-state index in [1.54, 1.807) is 35.4 Å². The van der Waals surface area contributed by atoms with E-state index < -0.39 is 6.04 Å². The molecule has 1 atom stereocenters. The fourth-order valence-electron chi connectivity index (χ4n) is 3.41. The summed E-state index contributed by atoms with van der Waals surface area (Å²) >= 11 is 0. The third-order valence-electron chi connectivity index (χ3n) is 5.14. The molecule has 8 heteroatoms. The van der Waals surface area contributed by atoms with Crippen LogP contribution in [-0.4, -0.2) is 32.2 Å². The molecule has 33 heavy (non-hydrogen) atoms. The van der Waals surface area contributed by atoms with Crippen LogP contribution in [0.3, 0.4) is 0 Å². The number of hydrogen-bond donors (Lipinski definition) is 2. The van der Waals surface area contributed by atoms with Gasteiger partial charge in [0.1, 0.15) is 6.04 Å². The molecule has 0 fully saturated rings. The zero-order valence-electron chi connectivity index (χ0n) is 18.1. The highest BCUT2D eigenvalue weighted by atomic mass is 16.2. The van der Waals surface area contributed by atoms with Crippen LogP contribution in [0.25, 0.3) is 11.3 Å². The van der Waals surface area contributed by atoms with Crippen molar-refractivity contribution in [2.45, 2.75) is 12.5 Å². The zero-order valence-corrected chi connectivity index (χ0v) is 18.1. The molecule has 0 bridgehead atoms. The predicted octanol–water partition coefficient (Wildman–Crippen LogP) is 3.26. The highest BCUT2D eigenvalue weighted by Gasteiger charge is 2.20. The molecule has 0 saturated heterocycles. The standard InChI is InChI=1S/C25H23N7O/c1-32-17-21(14-30-32)22-15-29-23(16-28-22)31-25(33)24(20-5-3-2-4-6-20)27-12-11-18-7-9-19(13-26)10-8-18/h2-10,14-17,24,27H,11-12H2,1H3,(H,29,31,33). The first-order valence-electron chi connectivity index (χ1n) is 10.5. The van der Waals surface area contributed by atoms with Crippen molar-refractivity contribution in [2.75, 3.05) is 11.9 Å². The van der Waals surface area contributed by atoms with E-state index in [0.717, 1.165) is 23.1 Å². The van der Waals surface area contributed by atoms with Crippen LogP contribution >= 0.6 is 0 Å². The second-order valence-corrected chi connectivity index (χ2v) is 7.54. The molecule has 4 rings (SSSR count). The maximum absolute atomic E-state index is 13.1. The first-order valence-corrected chi connectivity index (χ1v) is 10.5. The van der Waals surface area contributed by atoms with Crippen LogP contribution in [0.1, 0.15) is 22.7 Å². The lowest BCUT2D eigenvalue weighted by molar-refractivity contribution is -0.118. The minimum atomic E-state index is -0.551. The van der Waals surface area contributed by atoms with Crippen molar-refractivity contribution in [3.63, 3.8) is 0 Å². The number of amides is 1. The highest BCUT2D eigenvalue weighted by molar-refractivity contribution is 5.94. The first kappa shape index (κ1) is 21.9. The van der Waals surface area contributed by atoms with Gasteiger partial charge in [-0.15, -0.1) is 0 Å². The summed E-state index contributed by atoms with van der Waals surface area (Å²) in [6, 6.07) is 18.6. The Hall–Kier alpha value is -4.35. The second-order valence-electron chi connectivity index (χ2n) is 7.54. The Balaban J connectivity index is 1.42. The molecule has 2 heterocycles. The van der Waals surface area contributed by atoms with Crippen LogP contribution in [-0.2, 0) is 18.3 Å². The molecule has 1 unspecified atom stereocenters. The number of nitrogens with zero attached hydrogens (tertiary/aromatic N) is 5. The molecule has 1 amide bonds. The van der Waals surface area contributed by atoms with Crippen molar-refractivity contribution in [2.24, 2.45) is 7.05 Å². The minimum absolute atomic E-state index is 0.218. The van der Waals surface area contributed by atoms with Crippen molar-refractivity contribution < 1.29 is 4.79 Å². The number of rotatable bonds is 8. The van der Waals surface area contributed by atoms with Gasteiger partial charge < -0.3 is 10.6 Å². The van der Waals surface area contributed by atoms with Gasteiger partial charge in [0.25, 0.3) is 0 Å². The van der Waals surface area contributed by atoms with Crippen LogP contribution in [0.2, 0.25) is 0 Å². The fourth-order valence-corrected chi connectivity index (χ4v) is 3.41.